The Hall–Kier alpha value is -2.82. The number of amides is 1. The summed E-state index contributed by atoms with van der Waals surface area (Å²) in [5, 5.41) is 2.81. The summed E-state index contributed by atoms with van der Waals surface area (Å²) in [6, 6.07) is 11.5. The van der Waals surface area contributed by atoms with Crippen LogP contribution >= 0.6 is 0 Å². The number of hydrogen-bond donors (Lipinski definition) is 1. The van der Waals surface area contributed by atoms with E-state index >= 15 is 0 Å². The largest absolute Gasteiger partial charge is 0.490 e. The molecule has 0 aliphatic rings. The molecule has 0 aliphatic heterocycles. The van der Waals surface area contributed by atoms with Crippen LogP contribution in [0.2, 0.25) is 0 Å². The Morgan fingerprint density at radius 1 is 1.04 bits per heavy atom. The van der Waals surface area contributed by atoms with Crippen molar-refractivity contribution in [1.29, 1.82) is 0 Å². The van der Waals surface area contributed by atoms with E-state index in [2.05, 4.69) is 5.32 Å². The molecule has 1 amide bonds. The lowest BCUT2D eigenvalue weighted by Gasteiger charge is -2.12. The minimum absolute atomic E-state index is 0.226. The van der Waals surface area contributed by atoms with Crippen LogP contribution in [0.4, 0.5) is 4.39 Å². The standard InChI is InChI=1S/C20H22FNO3/c1-3-24-18-11-7-16(13-19(18)25-4-2)14-22-20(23)12-8-15-5-9-17(21)10-6-15/h5-13H,3-4,14H2,1-2H3,(H,22,23)/b12-8+. The van der Waals surface area contributed by atoms with Crippen molar-refractivity contribution < 1.29 is 18.7 Å². The fraction of sp³-hybridized carbons (Fsp3) is 0.250. The van der Waals surface area contributed by atoms with E-state index in [4.69, 9.17) is 9.47 Å². The Labute approximate surface area is 147 Å². The molecule has 0 saturated heterocycles. The van der Waals surface area contributed by atoms with Gasteiger partial charge in [-0.15, -0.1) is 0 Å². The first-order chi connectivity index (χ1) is 12.1. The molecule has 2 rings (SSSR count). The van der Waals surface area contributed by atoms with E-state index in [1.165, 1.54) is 18.2 Å². The molecule has 0 fully saturated rings. The summed E-state index contributed by atoms with van der Waals surface area (Å²) in [5.74, 6) is 0.826. The number of hydrogen-bond acceptors (Lipinski definition) is 3. The fourth-order valence-electron chi connectivity index (χ4n) is 2.20. The smallest absolute Gasteiger partial charge is 0.244 e. The fourth-order valence-corrected chi connectivity index (χ4v) is 2.20. The third-order valence-electron chi connectivity index (χ3n) is 3.37. The van der Waals surface area contributed by atoms with Crippen molar-refractivity contribution in [2.45, 2.75) is 20.4 Å². The molecule has 0 heterocycles. The number of halogens is 1. The summed E-state index contributed by atoms with van der Waals surface area (Å²) in [6.07, 6.45) is 3.06. The predicted molar refractivity (Wildman–Crippen MR) is 96.1 cm³/mol. The van der Waals surface area contributed by atoms with Crippen molar-refractivity contribution in [3.05, 3.63) is 65.5 Å². The lowest BCUT2D eigenvalue weighted by Crippen LogP contribution is -2.20. The lowest BCUT2D eigenvalue weighted by atomic mass is 10.2. The predicted octanol–water partition coefficient (Wildman–Crippen LogP) is 3.95. The number of benzene rings is 2. The first-order valence-electron chi connectivity index (χ1n) is 8.22. The van der Waals surface area contributed by atoms with Gasteiger partial charge in [0.25, 0.3) is 0 Å². The maximum absolute atomic E-state index is 12.8. The minimum Gasteiger partial charge on any atom is -0.490 e. The highest BCUT2D eigenvalue weighted by Crippen LogP contribution is 2.28. The second kappa shape index (κ2) is 9.47. The van der Waals surface area contributed by atoms with Crippen LogP contribution < -0.4 is 14.8 Å². The molecule has 2 aromatic carbocycles. The maximum Gasteiger partial charge on any atom is 0.244 e. The zero-order chi connectivity index (χ0) is 18.1. The molecule has 0 radical (unpaired) electrons. The first-order valence-corrected chi connectivity index (χ1v) is 8.22. The summed E-state index contributed by atoms with van der Waals surface area (Å²) in [4.78, 5) is 11.9. The first kappa shape index (κ1) is 18.5. The van der Waals surface area contributed by atoms with Crippen LogP contribution in [0.3, 0.4) is 0 Å². The van der Waals surface area contributed by atoms with Gasteiger partial charge in [-0.3, -0.25) is 4.79 Å². The maximum atomic E-state index is 12.8. The van der Waals surface area contributed by atoms with Crippen LogP contribution in [-0.4, -0.2) is 19.1 Å². The third kappa shape index (κ3) is 5.95. The van der Waals surface area contributed by atoms with Crippen LogP contribution in [-0.2, 0) is 11.3 Å². The van der Waals surface area contributed by atoms with Crippen molar-refractivity contribution >= 4 is 12.0 Å². The Morgan fingerprint density at radius 2 is 1.72 bits per heavy atom. The molecule has 0 aliphatic carbocycles. The van der Waals surface area contributed by atoms with Gasteiger partial charge in [0.1, 0.15) is 5.82 Å². The van der Waals surface area contributed by atoms with Crippen molar-refractivity contribution in [3.63, 3.8) is 0 Å². The van der Waals surface area contributed by atoms with Gasteiger partial charge in [-0.2, -0.15) is 0 Å². The van der Waals surface area contributed by atoms with Gasteiger partial charge in [0.15, 0.2) is 11.5 Å². The summed E-state index contributed by atoms with van der Waals surface area (Å²) in [5.41, 5.74) is 1.67. The molecule has 1 N–H and O–H groups in total. The van der Waals surface area contributed by atoms with Crippen LogP contribution in [0.15, 0.2) is 48.5 Å². The lowest BCUT2D eigenvalue weighted by molar-refractivity contribution is -0.116. The van der Waals surface area contributed by atoms with Crippen LogP contribution in [0.1, 0.15) is 25.0 Å². The Kier molecular flexibility index (Phi) is 7.01. The average molecular weight is 343 g/mol. The zero-order valence-electron chi connectivity index (χ0n) is 14.4. The van der Waals surface area contributed by atoms with Gasteiger partial charge >= 0.3 is 0 Å². The Bertz CT molecular complexity index is 726. The minimum atomic E-state index is -0.304. The van der Waals surface area contributed by atoms with Gasteiger partial charge in [0, 0.05) is 12.6 Å². The summed E-state index contributed by atoms with van der Waals surface area (Å²) >= 11 is 0. The monoisotopic (exact) mass is 343 g/mol. The SMILES string of the molecule is CCOc1ccc(CNC(=O)/C=C/c2ccc(F)cc2)cc1OCC. The summed E-state index contributed by atoms with van der Waals surface area (Å²) in [7, 11) is 0. The molecule has 2 aromatic rings. The highest BCUT2D eigenvalue weighted by Gasteiger charge is 2.06. The summed E-state index contributed by atoms with van der Waals surface area (Å²) < 4.78 is 23.9. The molecule has 5 heteroatoms. The molecule has 0 spiro atoms. The van der Waals surface area contributed by atoms with Gasteiger partial charge in [-0.1, -0.05) is 18.2 Å². The van der Waals surface area contributed by atoms with Gasteiger partial charge in [-0.25, -0.2) is 4.39 Å². The highest BCUT2D eigenvalue weighted by molar-refractivity contribution is 5.91. The van der Waals surface area contributed by atoms with Gasteiger partial charge in [0.05, 0.1) is 13.2 Å². The molecule has 0 aromatic heterocycles. The van der Waals surface area contributed by atoms with E-state index in [-0.39, 0.29) is 11.7 Å². The second-order valence-corrected chi connectivity index (χ2v) is 5.25. The normalized spacial score (nSPS) is 10.7. The van der Waals surface area contributed by atoms with Crippen molar-refractivity contribution in [3.8, 4) is 11.5 Å². The molecule has 0 unspecified atom stereocenters. The van der Waals surface area contributed by atoms with Gasteiger partial charge < -0.3 is 14.8 Å². The highest BCUT2D eigenvalue weighted by atomic mass is 19.1. The van der Waals surface area contributed by atoms with E-state index in [9.17, 15) is 9.18 Å². The van der Waals surface area contributed by atoms with Crippen LogP contribution in [0.5, 0.6) is 11.5 Å². The molecular formula is C20H22FNO3. The number of rotatable bonds is 8. The quantitative estimate of drug-likeness (QED) is 0.738. The van der Waals surface area contributed by atoms with Gasteiger partial charge in [-0.05, 0) is 55.3 Å². The second-order valence-electron chi connectivity index (χ2n) is 5.25. The van der Waals surface area contributed by atoms with E-state index in [1.54, 1.807) is 18.2 Å². The molecule has 25 heavy (non-hydrogen) atoms. The third-order valence-corrected chi connectivity index (χ3v) is 3.37. The van der Waals surface area contributed by atoms with E-state index < -0.39 is 0 Å². The molecule has 0 atom stereocenters. The van der Waals surface area contributed by atoms with Crippen LogP contribution in [0, 0.1) is 5.82 Å². The van der Waals surface area contributed by atoms with E-state index in [0.717, 1.165) is 11.1 Å². The Balaban J connectivity index is 1.94. The molecule has 0 saturated carbocycles. The van der Waals surface area contributed by atoms with Crippen molar-refractivity contribution in [2.75, 3.05) is 13.2 Å². The molecule has 0 bridgehead atoms. The van der Waals surface area contributed by atoms with Crippen molar-refractivity contribution in [2.24, 2.45) is 0 Å². The van der Waals surface area contributed by atoms with Crippen LogP contribution in [0.25, 0.3) is 6.08 Å². The van der Waals surface area contributed by atoms with Gasteiger partial charge in [0.2, 0.25) is 5.91 Å². The molecule has 4 nitrogen and oxygen atoms in total. The summed E-state index contributed by atoms with van der Waals surface area (Å²) in [6.45, 7) is 5.29. The van der Waals surface area contributed by atoms with Crippen molar-refractivity contribution in [1.82, 2.24) is 5.32 Å². The molecule has 132 valence electrons. The average Bonchev–Trinajstić information content (AvgIpc) is 2.62. The molecular weight excluding hydrogens is 321 g/mol. The number of carbonyl (C=O) groups excluding carboxylic acids is 1. The van der Waals surface area contributed by atoms with E-state index in [1.807, 2.05) is 32.0 Å². The number of ether oxygens (including phenoxy) is 2. The Morgan fingerprint density at radius 3 is 2.40 bits per heavy atom. The van der Waals surface area contributed by atoms with E-state index in [0.29, 0.717) is 31.3 Å². The number of nitrogens with one attached hydrogen (secondary N) is 1. The zero-order valence-corrected chi connectivity index (χ0v) is 14.4. The number of carbonyl (C=O) groups is 1. The topological polar surface area (TPSA) is 47.6 Å².